The van der Waals surface area contributed by atoms with Crippen molar-refractivity contribution in [3.8, 4) is 0 Å². The third kappa shape index (κ3) is 4.13. The van der Waals surface area contributed by atoms with E-state index in [2.05, 4.69) is 34.6 Å². The van der Waals surface area contributed by atoms with Crippen molar-refractivity contribution < 1.29 is 0 Å². The van der Waals surface area contributed by atoms with Gasteiger partial charge in [0.1, 0.15) is 0 Å². The van der Waals surface area contributed by atoms with Gasteiger partial charge in [0, 0.05) is 0 Å². The standard InChI is InChI=1S/C12H25/c1-6-8-9-11(4)12(5)10(3)7-2/h10-12H,2,6-9H2,1,3-5H3. The molecule has 0 saturated carbocycles. The molecule has 0 N–H and O–H groups in total. The van der Waals surface area contributed by atoms with Gasteiger partial charge in [-0.1, -0.05) is 60.3 Å². The van der Waals surface area contributed by atoms with Gasteiger partial charge in [-0.05, 0) is 17.8 Å². The van der Waals surface area contributed by atoms with Crippen molar-refractivity contribution in [3.05, 3.63) is 6.92 Å². The molecule has 12 heavy (non-hydrogen) atoms. The highest BCUT2D eigenvalue weighted by Gasteiger charge is 2.16. The lowest BCUT2D eigenvalue weighted by Gasteiger charge is -2.25. The van der Waals surface area contributed by atoms with Crippen LogP contribution in [0, 0.1) is 24.7 Å². The van der Waals surface area contributed by atoms with Crippen LogP contribution in [0.15, 0.2) is 0 Å². The molecule has 0 aliphatic carbocycles. The predicted octanol–water partition coefficient (Wildman–Crippen LogP) is 4.31. The molecule has 0 aliphatic heterocycles. The summed E-state index contributed by atoms with van der Waals surface area (Å²) in [5.41, 5.74) is 0. The molecule has 1 radical (unpaired) electrons. The van der Waals surface area contributed by atoms with Crippen molar-refractivity contribution in [3.63, 3.8) is 0 Å². The molecular formula is C12H25. The van der Waals surface area contributed by atoms with E-state index in [4.69, 9.17) is 0 Å². The maximum atomic E-state index is 3.97. The Morgan fingerprint density at radius 1 is 1.08 bits per heavy atom. The summed E-state index contributed by atoms with van der Waals surface area (Å²) < 4.78 is 0. The molecular weight excluding hydrogens is 144 g/mol. The van der Waals surface area contributed by atoms with Gasteiger partial charge in [0.05, 0.1) is 0 Å². The average Bonchev–Trinajstić information content (AvgIpc) is 2.11. The van der Waals surface area contributed by atoms with E-state index in [0.717, 1.165) is 24.2 Å². The van der Waals surface area contributed by atoms with Gasteiger partial charge in [-0.2, -0.15) is 0 Å². The fraction of sp³-hybridized carbons (Fsp3) is 0.917. The summed E-state index contributed by atoms with van der Waals surface area (Å²) in [7, 11) is 0. The molecule has 0 heteroatoms. The second kappa shape index (κ2) is 6.51. The van der Waals surface area contributed by atoms with E-state index in [0.29, 0.717) is 0 Å². The molecule has 0 spiro atoms. The Bertz CT molecular complexity index is 96.2. The number of unbranched alkanes of at least 4 members (excludes halogenated alkanes) is 1. The Hall–Kier alpha value is 0. The zero-order valence-corrected chi connectivity index (χ0v) is 9.27. The fourth-order valence-corrected chi connectivity index (χ4v) is 1.61. The molecule has 0 aliphatic rings. The molecule has 0 nitrogen and oxygen atoms in total. The second-order valence-electron chi connectivity index (χ2n) is 4.24. The first-order chi connectivity index (χ1) is 5.63. The molecule has 0 aromatic rings. The summed E-state index contributed by atoms with van der Waals surface area (Å²) >= 11 is 0. The number of rotatable bonds is 6. The zero-order chi connectivity index (χ0) is 9.56. The van der Waals surface area contributed by atoms with Crippen molar-refractivity contribution in [2.45, 2.75) is 53.4 Å². The Morgan fingerprint density at radius 3 is 2.08 bits per heavy atom. The van der Waals surface area contributed by atoms with Crippen molar-refractivity contribution in [1.82, 2.24) is 0 Å². The molecule has 0 aromatic carbocycles. The van der Waals surface area contributed by atoms with Crippen molar-refractivity contribution >= 4 is 0 Å². The molecule has 0 heterocycles. The van der Waals surface area contributed by atoms with Crippen LogP contribution in [0.3, 0.4) is 0 Å². The van der Waals surface area contributed by atoms with E-state index < -0.39 is 0 Å². The predicted molar refractivity (Wildman–Crippen MR) is 57.0 cm³/mol. The Kier molecular flexibility index (Phi) is 6.51. The van der Waals surface area contributed by atoms with Crippen LogP contribution in [0.4, 0.5) is 0 Å². The smallest absolute Gasteiger partial charge is 0.0391 e. The minimum Gasteiger partial charge on any atom is -0.0654 e. The van der Waals surface area contributed by atoms with Crippen LogP contribution in [0.25, 0.3) is 0 Å². The number of hydrogen-bond acceptors (Lipinski definition) is 0. The van der Waals surface area contributed by atoms with Gasteiger partial charge in [0.25, 0.3) is 0 Å². The molecule has 0 bridgehead atoms. The van der Waals surface area contributed by atoms with E-state index in [1.54, 1.807) is 0 Å². The first-order valence-corrected chi connectivity index (χ1v) is 5.42. The van der Waals surface area contributed by atoms with Gasteiger partial charge in [-0.25, -0.2) is 0 Å². The van der Waals surface area contributed by atoms with Crippen molar-refractivity contribution in [2.24, 2.45) is 17.8 Å². The van der Waals surface area contributed by atoms with Gasteiger partial charge < -0.3 is 0 Å². The van der Waals surface area contributed by atoms with Crippen LogP contribution in [-0.4, -0.2) is 0 Å². The minimum absolute atomic E-state index is 0.789. The topological polar surface area (TPSA) is 0 Å². The van der Waals surface area contributed by atoms with E-state index in [1.807, 2.05) is 0 Å². The largest absolute Gasteiger partial charge is 0.0654 e. The second-order valence-corrected chi connectivity index (χ2v) is 4.24. The van der Waals surface area contributed by atoms with Gasteiger partial charge in [-0.3, -0.25) is 0 Å². The lowest BCUT2D eigenvalue weighted by atomic mass is 9.81. The third-order valence-corrected chi connectivity index (χ3v) is 3.26. The molecule has 3 atom stereocenters. The van der Waals surface area contributed by atoms with Gasteiger partial charge in [0.15, 0.2) is 0 Å². The van der Waals surface area contributed by atoms with Crippen molar-refractivity contribution in [1.29, 1.82) is 0 Å². The maximum absolute atomic E-state index is 3.97. The SMILES string of the molecule is [CH2]CC(C)C(C)C(C)CCCC. The highest BCUT2D eigenvalue weighted by molar-refractivity contribution is 4.68. The first kappa shape index (κ1) is 12.0. The maximum Gasteiger partial charge on any atom is -0.0391 e. The fourth-order valence-electron chi connectivity index (χ4n) is 1.61. The lowest BCUT2D eigenvalue weighted by molar-refractivity contribution is 0.262. The minimum atomic E-state index is 0.789. The van der Waals surface area contributed by atoms with Crippen LogP contribution < -0.4 is 0 Å². The molecule has 0 saturated heterocycles. The van der Waals surface area contributed by atoms with Crippen LogP contribution in [-0.2, 0) is 0 Å². The summed E-state index contributed by atoms with van der Waals surface area (Å²) in [6.45, 7) is 13.3. The summed E-state index contributed by atoms with van der Waals surface area (Å²) in [4.78, 5) is 0. The molecule has 73 valence electrons. The summed E-state index contributed by atoms with van der Waals surface area (Å²) in [6, 6.07) is 0. The van der Waals surface area contributed by atoms with Crippen LogP contribution in [0.2, 0.25) is 0 Å². The number of hydrogen-bond donors (Lipinski definition) is 0. The monoisotopic (exact) mass is 169 g/mol. The summed E-state index contributed by atoms with van der Waals surface area (Å²) in [5, 5.41) is 0. The van der Waals surface area contributed by atoms with Crippen molar-refractivity contribution in [2.75, 3.05) is 0 Å². The highest BCUT2D eigenvalue weighted by Crippen LogP contribution is 2.26. The Balaban J connectivity index is 3.67. The Morgan fingerprint density at radius 2 is 1.67 bits per heavy atom. The third-order valence-electron chi connectivity index (χ3n) is 3.26. The van der Waals surface area contributed by atoms with Gasteiger partial charge in [-0.15, -0.1) is 0 Å². The normalized spacial score (nSPS) is 18.8. The average molecular weight is 169 g/mol. The van der Waals surface area contributed by atoms with E-state index >= 15 is 0 Å². The molecule has 0 fully saturated rings. The van der Waals surface area contributed by atoms with Gasteiger partial charge in [0.2, 0.25) is 0 Å². The van der Waals surface area contributed by atoms with Crippen LogP contribution in [0.5, 0.6) is 0 Å². The molecule has 0 rings (SSSR count). The van der Waals surface area contributed by atoms with E-state index in [1.165, 1.54) is 19.3 Å². The van der Waals surface area contributed by atoms with E-state index in [-0.39, 0.29) is 0 Å². The zero-order valence-electron chi connectivity index (χ0n) is 9.27. The quantitative estimate of drug-likeness (QED) is 0.556. The lowest BCUT2D eigenvalue weighted by Crippen LogP contribution is -2.15. The van der Waals surface area contributed by atoms with E-state index in [9.17, 15) is 0 Å². The van der Waals surface area contributed by atoms with Crippen LogP contribution in [0.1, 0.15) is 53.4 Å². The first-order valence-electron chi connectivity index (χ1n) is 5.42. The Labute approximate surface area is 78.8 Å². The summed E-state index contributed by atoms with van der Waals surface area (Å²) in [6.07, 6.45) is 5.19. The summed E-state index contributed by atoms with van der Waals surface area (Å²) in [5.74, 6) is 2.51. The van der Waals surface area contributed by atoms with Gasteiger partial charge >= 0.3 is 0 Å². The highest BCUT2D eigenvalue weighted by atomic mass is 14.2. The molecule has 0 aromatic heterocycles. The molecule has 3 unspecified atom stereocenters. The van der Waals surface area contributed by atoms with Crippen LogP contribution >= 0.6 is 0 Å². The molecule has 0 amide bonds.